The smallest absolute Gasteiger partial charge is 0.276 e. The number of pyridine rings is 1. The molecule has 5 nitrogen and oxygen atoms in total. The van der Waals surface area contributed by atoms with Crippen molar-refractivity contribution in [3.8, 4) is 5.75 Å². The van der Waals surface area contributed by atoms with Gasteiger partial charge in [0.2, 0.25) is 0 Å². The Bertz CT molecular complexity index is 824. The molecule has 3 aromatic rings. The van der Waals surface area contributed by atoms with E-state index in [1.54, 1.807) is 0 Å². The van der Waals surface area contributed by atoms with Crippen LogP contribution < -0.4 is 10.1 Å². The fourth-order valence-electron chi connectivity index (χ4n) is 2.39. The Morgan fingerprint density at radius 3 is 2.82 bits per heavy atom. The number of aryl methyl sites for hydroxylation is 1. The molecule has 1 amide bonds. The predicted octanol–water partition coefficient (Wildman–Crippen LogP) is 3.29. The Labute approximate surface area is 128 Å². The summed E-state index contributed by atoms with van der Waals surface area (Å²) in [5, 5.41) is 2.88. The predicted molar refractivity (Wildman–Crippen MR) is 85.5 cm³/mol. The summed E-state index contributed by atoms with van der Waals surface area (Å²) >= 11 is 0. The summed E-state index contributed by atoms with van der Waals surface area (Å²) in [5.74, 6) is 1.18. The van der Waals surface area contributed by atoms with Crippen molar-refractivity contribution >= 4 is 17.1 Å². The molecule has 1 aromatic carbocycles. The van der Waals surface area contributed by atoms with Crippen LogP contribution in [0.2, 0.25) is 0 Å². The van der Waals surface area contributed by atoms with Crippen LogP contribution in [0.5, 0.6) is 5.75 Å². The zero-order valence-electron chi connectivity index (χ0n) is 12.5. The first-order valence-corrected chi connectivity index (χ1v) is 7.17. The second-order valence-electron chi connectivity index (χ2n) is 4.85. The first-order chi connectivity index (χ1) is 10.7. The minimum absolute atomic E-state index is 0.246. The summed E-state index contributed by atoms with van der Waals surface area (Å²) in [5.41, 5.74) is 1.83. The summed E-state index contributed by atoms with van der Waals surface area (Å²) < 4.78 is 7.42. The van der Waals surface area contributed by atoms with Crippen LogP contribution in [-0.2, 0) is 0 Å². The molecule has 0 atom stereocenters. The van der Waals surface area contributed by atoms with E-state index in [4.69, 9.17) is 4.74 Å². The average Bonchev–Trinajstić information content (AvgIpc) is 2.87. The Kier molecular flexibility index (Phi) is 3.78. The Balaban J connectivity index is 1.94. The number of hydrogen-bond acceptors (Lipinski definition) is 3. The molecule has 2 aromatic heterocycles. The second kappa shape index (κ2) is 5.89. The molecular weight excluding hydrogens is 278 g/mol. The number of aromatic nitrogens is 2. The summed E-state index contributed by atoms with van der Waals surface area (Å²) in [6.07, 6.45) is 1.89. The van der Waals surface area contributed by atoms with Gasteiger partial charge in [0.25, 0.3) is 5.91 Å². The van der Waals surface area contributed by atoms with Crippen molar-refractivity contribution in [2.24, 2.45) is 0 Å². The third-order valence-corrected chi connectivity index (χ3v) is 3.37. The Morgan fingerprint density at radius 2 is 2.00 bits per heavy atom. The maximum absolute atomic E-state index is 12.6. The molecule has 0 radical (unpaired) electrons. The number of carbonyl (C=O) groups excluding carboxylic acids is 1. The molecule has 0 spiro atoms. The summed E-state index contributed by atoms with van der Waals surface area (Å²) in [6.45, 7) is 4.32. The van der Waals surface area contributed by atoms with Gasteiger partial charge in [0, 0.05) is 6.20 Å². The number of nitrogens with one attached hydrogen (secondary N) is 1. The van der Waals surface area contributed by atoms with E-state index >= 15 is 0 Å². The standard InChI is InChI=1S/C17H17N3O2/c1-3-22-15-10-5-4-8-13(15)19-17(21)16-14-9-6-7-11-20(14)12(2)18-16/h4-11H,3H2,1-2H3,(H,19,21). The monoisotopic (exact) mass is 295 g/mol. The van der Waals surface area contributed by atoms with E-state index in [9.17, 15) is 4.79 Å². The maximum Gasteiger partial charge on any atom is 0.276 e. The molecule has 0 aliphatic carbocycles. The number of rotatable bonds is 4. The van der Waals surface area contributed by atoms with Crippen LogP contribution in [0.4, 0.5) is 5.69 Å². The maximum atomic E-state index is 12.6. The van der Waals surface area contributed by atoms with Crippen LogP contribution in [-0.4, -0.2) is 21.9 Å². The number of carbonyl (C=O) groups is 1. The number of imidazole rings is 1. The molecule has 0 saturated heterocycles. The molecular formula is C17H17N3O2. The molecule has 0 aliphatic rings. The molecule has 0 bridgehead atoms. The molecule has 2 heterocycles. The fourth-order valence-corrected chi connectivity index (χ4v) is 2.39. The molecule has 0 aliphatic heterocycles. The van der Waals surface area contributed by atoms with Crippen LogP contribution in [0, 0.1) is 6.92 Å². The van der Waals surface area contributed by atoms with Gasteiger partial charge in [-0.1, -0.05) is 18.2 Å². The van der Waals surface area contributed by atoms with E-state index in [0.29, 0.717) is 23.7 Å². The highest BCUT2D eigenvalue weighted by Gasteiger charge is 2.16. The number of nitrogens with zero attached hydrogens (tertiary/aromatic N) is 2. The molecule has 1 N–H and O–H groups in total. The van der Waals surface area contributed by atoms with E-state index in [2.05, 4.69) is 10.3 Å². The molecule has 5 heteroatoms. The highest BCUT2D eigenvalue weighted by Crippen LogP contribution is 2.24. The molecule has 3 rings (SSSR count). The summed E-state index contributed by atoms with van der Waals surface area (Å²) in [6, 6.07) is 13.0. The highest BCUT2D eigenvalue weighted by atomic mass is 16.5. The molecule has 22 heavy (non-hydrogen) atoms. The topological polar surface area (TPSA) is 55.6 Å². The number of ether oxygens (including phenoxy) is 1. The number of amides is 1. The van der Waals surface area contributed by atoms with Gasteiger partial charge in [0.1, 0.15) is 11.6 Å². The Hall–Kier alpha value is -2.82. The normalized spacial score (nSPS) is 10.6. The van der Waals surface area contributed by atoms with Crippen molar-refractivity contribution in [2.75, 3.05) is 11.9 Å². The van der Waals surface area contributed by atoms with Crippen LogP contribution >= 0.6 is 0 Å². The number of anilines is 1. The molecule has 0 fully saturated rings. The van der Waals surface area contributed by atoms with Crippen LogP contribution in [0.25, 0.3) is 5.52 Å². The van der Waals surface area contributed by atoms with Gasteiger partial charge < -0.3 is 14.5 Å². The lowest BCUT2D eigenvalue weighted by molar-refractivity contribution is 0.102. The van der Waals surface area contributed by atoms with Crippen molar-refractivity contribution in [1.29, 1.82) is 0 Å². The molecule has 0 unspecified atom stereocenters. The quantitative estimate of drug-likeness (QED) is 0.803. The zero-order chi connectivity index (χ0) is 15.5. The lowest BCUT2D eigenvalue weighted by Crippen LogP contribution is -2.14. The number of benzene rings is 1. The van der Waals surface area contributed by atoms with Crippen LogP contribution in [0.15, 0.2) is 48.7 Å². The van der Waals surface area contributed by atoms with Gasteiger partial charge in [-0.2, -0.15) is 0 Å². The van der Waals surface area contributed by atoms with Crippen molar-refractivity contribution < 1.29 is 9.53 Å². The van der Waals surface area contributed by atoms with Crippen LogP contribution in [0.3, 0.4) is 0 Å². The lowest BCUT2D eigenvalue weighted by Gasteiger charge is -2.10. The average molecular weight is 295 g/mol. The first-order valence-electron chi connectivity index (χ1n) is 7.17. The van der Waals surface area contributed by atoms with Crippen molar-refractivity contribution in [1.82, 2.24) is 9.38 Å². The van der Waals surface area contributed by atoms with Crippen molar-refractivity contribution in [2.45, 2.75) is 13.8 Å². The summed E-state index contributed by atoms with van der Waals surface area (Å²) in [7, 11) is 0. The highest BCUT2D eigenvalue weighted by molar-refractivity contribution is 6.08. The number of hydrogen-bond donors (Lipinski definition) is 1. The largest absolute Gasteiger partial charge is 0.492 e. The first kappa shape index (κ1) is 14.1. The molecule has 112 valence electrons. The number of fused-ring (bicyclic) bond motifs is 1. The van der Waals surface area contributed by atoms with E-state index in [0.717, 1.165) is 11.3 Å². The van der Waals surface area contributed by atoms with Gasteiger partial charge >= 0.3 is 0 Å². The van der Waals surface area contributed by atoms with Gasteiger partial charge in [-0.3, -0.25) is 4.79 Å². The second-order valence-corrected chi connectivity index (χ2v) is 4.85. The van der Waals surface area contributed by atoms with Gasteiger partial charge in [0.05, 0.1) is 17.8 Å². The lowest BCUT2D eigenvalue weighted by atomic mass is 10.2. The Morgan fingerprint density at radius 1 is 1.23 bits per heavy atom. The van der Waals surface area contributed by atoms with Gasteiger partial charge in [0.15, 0.2) is 5.69 Å². The summed E-state index contributed by atoms with van der Waals surface area (Å²) in [4.78, 5) is 16.9. The third-order valence-electron chi connectivity index (χ3n) is 3.37. The van der Waals surface area contributed by atoms with Gasteiger partial charge in [-0.15, -0.1) is 0 Å². The fraction of sp³-hybridized carbons (Fsp3) is 0.176. The minimum Gasteiger partial charge on any atom is -0.492 e. The van der Waals surface area contributed by atoms with Crippen molar-refractivity contribution in [3.05, 3.63) is 60.2 Å². The van der Waals surface area contributed by atoms with E-state index in [1.165, 1.54) is 0 Å². The third kappa shape index (κ3) is 2.53. The minimum atomic E-state index is -0.246. The van der Waals surface area contributed by atoms with E-state index in [-0.39, 0.29) is 5.91 Å². The van der Waals surface area contributed by atoms with Crippen LogP contribution in [0.1, 0.15) is 23.2 Å². The van der Waals surface area contributed by atoms with Crippen molar-refractivity contribution in [3.63, 3.8) is 0 Å². The van der Waals surface area contributed by atoms with Gasteiger partial charge in [-0.25, -0.2) is 4.98 Å². The zero-order valence-corrected chi connectivity index (χ0v) is 12.5. The number of para-hydroxylation sites is 2. The van der Waals surface area contributed by atoms with E-state index in [1.807, 2.05) is 66.9 Å². The SMILES string of the molecule is CCOc1ccccc1NC(=O)c1nc(C)n2ccccc12. The van der Waals surface area contributed by atoms with Gasteiger partial charge in [-0.05, 0) is 38.1 Å². The van der Waals surface area contributed by atoms with E-state index < -0.39 is 0 Å². The molecule has 0 saturated carbocycles.